The molecule has 0 saturated heterocycles. The Morgan fingerprint density at radius 1 is 1.38 bits per heavy atom. The number of hydrogen-bond acceptors (Lipinski definition) is 3. The number of halogens is 3. The first-order valence-electron chi connectivity index (χ1n) is 6.58. The van der Waals surface area contributed by atoms with Crippen LogP contribution in [0.2, 0.25) is 0 Å². The summed E-state index contributed by atoms with van der Waals surface area (Å²) in [4.78, 5) is 15.7. The highest BCUT2D eigenvalue weighted by molar-refractivity contribution is 5.95. The Hall–Kier alpha value is -1.63. The number of nitrogens with two attached hydrogens (primary N) is 1. The molecule has 0 aliphatic heterocycles. The maximum absolute atomic E-state index is 12.6. The van der Waals surface area contributed by atoms with Gasteiger partial charge in [0.05, 0.1) is 16.8 Å². The third-order valence-corrected chi connectivity index (χ3v) is 3.72. The first-order chi connectivity index (χ1) is 9.51. The van der Waals surface area contributed by atoms with E-state index in [1.165, 1.54) is 6.92 Å². The van der Waals surface area contributed by atoms with Crippen LogP contribution >= 0.6 is 0 Å². The van der Waals surface area contributed by atoms with Crippen LogP contribution in [-0.4, -0.2) is 23.0 Å². The summed E-state index contributed by atoms with van der Waals surface area (Å²) in [5.74, 6) is -0.399. The van der Waals surface area contributed by atoms with E-state index in [2.05, 4.69) is 10.3 Å². The number of hydrogen-bond donors (Lipinski definition) is 2. The first kappa shape index (κ1) is 17.4. The molecular weight excluding hydrogens is 283 g/mol. The Balaban J connectivity index is 3.04. The van der Waals surface area contributed by atoms with E-state index in [9.17, 15) is 18.0 Å². The number of aromatic nitrogens is 1. The number of carbonyl (C=O) groups is 1. The molecule has 1 aromatic heterocycles. The van der Waals surface area contributed by atoms with Crippen LogP contribution in [0.4, 0.5) is 13.2 Å². The van der Waals surface area contributed by atoms with E-state index in [4.69, 9.17) is 5.73 Å². The van der Waals surface area contributed by atoms with Gasteiger partial charge in [-0.15, -0.1) is 0 Å². The molecule has 1 unspecified atom stereocenters. The van der Waals surface area contributed by atoms with Crippen molar-refractivity contribution in [1.29, 1.82) is 0 Å². The van der Waals surface area contributed by atoms with E-state index in [1.54, 1.807) is 6.92 Å². The van der Waals surface area contributed by atoms with Crippen molar-refractivity contribution in [1.82, 2.24) is 10.3 Å². The minimum atomic E-state index is -4.52. The van der Waals surface area contributed by atoms with Gasteiger partial charge in [-0.05, 0) is 31.9 Å². The Bertz CT molecular complexity index is 529. The van der Waals surface area contributed by atoms with E-state index in [0.29, 0.717) is 0 Å². The van der Waals surface area contributed by atoms with E-state index in [-0.39, 0.29) is 23.7 Å². The van der Waals surface area contributed by atoms with Crippen LogP contribution in [-0.2, 0) is 6.18 Å². The number of pyridine rings is 1. The Morgan fingerprint density at radius 3 is 2.33 bits per heavy atom. The number of nitrogens with one attached hydrogen (secondary N) is 1. The number of amides is 1. The SMILES string of the molecule is Cc1nc(C(F)(F)F)ccc1C(=O)NC(C)(CN)C(C)C. The van der Waals surface area contributed by atoms with Gasteiger partial charge in [-0.25, -0.2) is 4.98 Å². The molecule has 21 heavy (non-hydrogen) atoms. The fraction of sp³-hybridized carbons (Fsp3) is 0.571. The molecule has 1 atom stereocenters. The molecule has 0 aliphatic carbocycles. The van der Waals surface area contributed by atoms with E-state index >= 15 is 0 Å². The smallest absolute Gasteiger partial charge is 0.345 e. The Morgan fingerprint density at radius 2 is 1.95 bits per heavy atom. The van der Waals surface area contributed by atoms with Crippen LogP contribution in [0.15, 0.2) is 12.1 Å². The third-order valence-electron chi connectivity index (χ3n) is 3.72. The van der Waals surface area contributed by atoms with Crippen molar-refractivity contribution in [3.8, 4) is 0 Å². The maximum Gasteiger partial charge on any atom is 0.433 e. The average molecular weight is 303 g/mol. The fourth-order valence-electron chi connectivity index (χ4n) is 1.72. The minimum absolute atomic E-state index is 0.0328. The molecule has 7 heteroatoms. The molecule has 0 spiro atoms. The quantitative estimate of drug-likeness (QED) is 0.898. The predicted molar refractivity (Wildman–Crippen MR) is 73.7 cm³/mol. The van der Waals surface area contributed by atoms with Gasteiger partial charge in [-0.3, -0.25) is 4.79 Å². The van der Waals surface area contributed by atoms with E-state index < -0.39 is 23.3 Å². The number of nitrogens with zero attached hydrogens (tertiary/aromatic N) is 1. The highest BCUT2D eigenvalue weighted by Crippen LogP contribution is 2.28. The number of rotatable bonds is 4. The number of aryl methyl sites for hydroxylation is 1. The summed E-state index contributed by atoms with van der Waals surface area (Å²) in [6.07, 6.45) is -4.52. The minimum Gasteiger partial charge on any atom is -0.345 e. The normalized spacial score (nSPS) is 14.9. The summed E-state index contributed by atoms with van der Waals surface area (Å²) in [5, 5.41) is 2.77. The molecule has 1 heterocycles. The van der Waals surface area contributed by atoms with Crippen LogP contribution in [0, 0.1) is 12.8 Å². The van der Waals surface area contributed by atoms with Gasteiger partial charge >= 0.3 is 6.18 Å². The summed E-state index contributed by atoms with van der Waals surface area (Å²) < 4.78 is 37.7. The fourth-order valence-corrected chi connectivity index (χ4v) is 1.72. The van der Waals surface area contributed by atoms with Crippen molar-refractivity contribution in [2.75, 3.05) is 6.54 Å². The second-order valence-corrected chi connectivity index (χ2v) is 5.56. The predicted octanol–water partition coefficient (Wildman–Crippen LogP) is 2.51. The van der Waals surface area contributed by atoms with Crippen LogP contribution in [0.5, 0.6) is 0 Å². The Labute approximate surface area is 121 Å². The molecule has 4 nitrogen and oxygen atoms in total. The molecule has 0 aliphatic rings. The van der Waals surface area contributed by atoms with Crippen LogP contribution in [0.25, 0.3) is 0 Å². The standard InChI is InChI=1S/C14H20F3N3O/c1-8(2)13(4,7-18)20-12(21)10-5-6-11(14(15,16)17)19-9(10)3/h5-6,8H,7,18H2,1-4H3,(H,20,21). The second kappa shape index (κ2) is 6.01. The van der Waals surface area contributed by atoms with Crippen LogP contribution in [0.3, 0.4) is 0 Å². The lowest BCUT2D eigenvalue weighted by Gasteiger charge is -2.33. The van der Waals surface area contributed by atoms with E-state index in [1.807, 2.05) is 13.8 Å². The van der Waals surface area contributed by atoms with Crippen molar-refractivity contribution in [3.63, 3.8) is 0 Å². The molecule has 1 rings (SSSR count). The molecule has 118 valence electrons. The van der Waals surface area contributed by atoms with Gasteiger partial charge in [0.2, 0.25) is 0 Å². The zero-order valence-electron chi connectivity index (χ0n) is 12.5. The van der Waals surface area contributed by atoms with Gasteiger partial charge in [0.15, 0.2) is 0 Å². The summed E-state index contributed by atoms with van der Waals surface area (Å²) >= 11 is 0. The van der Waals surface area contributed by atoms with Crippen molar-refractivity contribution in [3.05, 3.63) is 29.1 Å². The molecule has 1 amide bonds. The lowest BCUT2D eigenvalue weighted by Crippen LogP contribution is -2.55. The molecular formula is C14H20F3N3O. The molecule has 0 saturated carbocycles. The highest BCUT2D eigenvalue weighted by Gasteiger charge is 2.34. The monoisotopic (exact) mass is 303 g/mol. The molecule has 0 fully saturated rings. The lowest BCUT2D eigenvalue weighted by atomic mass is 9.88. The van der Waals surface area contributed by atoms with Crippen molar-refractivity contribution >= 4 is 5.91 Å². The highest BCUT2D eigenvalue weighted by atomic mass is 19.4. The first-order valence-corrected chi connectivity index (χ1v) is 6.58. The van der Waals surface area contributed by atoms with Crippen molar-refractivity contribution < 1.29 is 18.0 Å². The molecule has 0 radical (unpaired) electrons. The van der Waals surface area contributed by atoms with Crippen molar-refractivity contribution in [2.24, 2.45) is 11.7 Å². The molecule has 0 bridgehead atoms. The van der Waals surface area contributed by atoms with Gasteiger partial charge < -0.3 is 11.1 Å². The number of carbonyl (C=O) groups excluding carboxylic acids is 1. The summed E-state index contributed by atoms with van der Waals surface area (Å²) in [6, 6.07) is 1.94. The van der Waals surface area contributed by atoms with Crippen LogP contribution in [0.1, 0.15) is 42.5 Å². The van der Waals surface area contributed by atoms with Gasteiger partial charge in [0.25, 0.3) is 5.91 Å². The lowest BCUT2D eigenvalue weighted by molar-refractivity contribution is -0.141. The summed E-state index contributed by atoms with van der Waals surface area (Å²) in [6.45, 7) is 7.21. The second-order valence-electron chi connectivity index (χ2n) is 5.56. The van der Waals surface area contributed by atoms with Crippen molar-refractivity contribution in [2.45, 2.75) is 39.4 Å². The van der Waals surface area contributed by atoms with Gasteiger partial charge in [0, 0.05) is 6.54 Å². The van der Waals surface area contributed by atoms with Crippen LogP contribution < -0.4 is 11.1 Å². The summed E-state index contributed by atoms with van der Waals surface area (Å²) in [7, 11) is 0. The average Bonchev–Trinajstić information content (AvgIpc) is 2.36. The topological polar surface area (TPSA) is 68.0 Å². The largest absolute Gasteiger partial charge is 0.433 e. The Kier molecular flexibility index (Phi) is 4.99. The van der Waals surface area contributed by atoms with Gasteiger partial charge in [0.1, 0.15) is 5.69 Å². The zero-order valence-corrected chi connectivity index (χ0v) is 12.5. The molecule has 3 N–H and O–H groups in total. The maximum atomic E-state index is 12.6. The van der Waals surface area contributed by atoms with Gasteiger partial charge in [-0.1, -0.05) is 13.8 Å². The third kappa shape index (κ3) is 3.93. The number of alkyl halides is 3. The van der Waals surface area contributed by atoms with Gasteiger partial charge in [-0.2, -0.15) is 13.2 Å². The van der Waals surface area contributed by atoms with E-state index in [0.717, 1.165) is 12.1 Å². The zero-order chi connectivity index (χ0) is 16.4. The molecule has 0 aromatic carbocycles. The molecule has 1 aromatic rings. The summed E-state index contributed by atoms with van der Waals surface area (Å²) in [5.41, 5.74) is 4.18.